The predicted molar refractivity (Wildman–Crippen MR) is 57.3 cm³/mol. The van der Waals surface area contributed by atoms with Crippen molar-refractivity contribution in [1.82, 2.24) is 9.97 Å². The maximum absolute atomic E-state index is 4.34. The highest BCUT2D eigenvalue weighted by Gasteiger charge is 2.14. The zero-order valence-corrected chi connectivity index (χ0v) is 8.66. The Morgan fingerprint density at radius 2 is 2.07 bits per heavy atom. The number of aromatic nitrogens is 2. The molecule has 1 aliphatic rings. The first-order valence-corrected chi connectivity index (χ1v) is 5.46. The Kier molecular flexibility index (Phi) is 2.96. The normalized spacial score (nSPS) is 17.2. The monoisotopic (exact) mass is 191 g/mol. The molecule has 1 N–H and O–H groups in total. The van der Waals surface area contributed by atoms with Gasteiger partial charge in [0.05, 0.1) is 18.1 Å². The molecule has 0 saturated heterocycles. The highest BCUT2D eigenvalue weighted by Crippen LogP contribution is 2.20. The van der Waals surface area contributed by atoms with Gasteiger partial charge in [-0.15, -0.1) is 0 Å². The summed E-state index contributed by atoms with van der Waals surface area (Å²) in [6.07, 6.45) is 9.90. The van der Waals surface area contributed by atoms with Gasteiger partial charge in [-0.1, -0.05) is 19.8 Å². The van der Waals surface area contributed by atoms with Crippen LogP contribution < -0.4 is 5.32 Å². The Morgan fingerprint density at radius 3 is 2.64 bits per heavy atom. The molecule has 2 rings (SSSR count). The zero-order chi connectivity index (χ0) is 9.80. The molecule has 1 aliphatic carbocycles. The van der Waals surface area contributed by atoms with Gasteiger partial charge in [0, 0.05) is 6.04 Å². The molecule has 0 aliphatic heterocycles. The number of nitrogens with zero attached hydrogens (tertiary/aromatic N) is 2. The first kappa shape index (κ1) is 9.44. The van der Waals surface area contributed by atoms with E-state index < -0.39 is 0 Å². The van der Waals surface area contributed by atoms with Crippen molar-refractivity contribution in [2.24, 2.45) is 0 Å². The molecule has 14 heavy (non-hydrogen) atoms. The zero-order valence-electron chi connectivity index (χ0n) is 8.66. The third-order valence-electron chi connectivity index (χ3n) is 2.77. The van der Waals surface area contributed by atoms with Gasteiger partial charge in [0.25, 0.3) is 0 Å². The molecule has 1 fully saturated rings. The molecule has 0 amide bonds. The third kappa shape index (κ3) is 2.22. The fourth-order valence-corrected chi connectivity index (χ4v) is 1.89. The molecule has 0 aromatic carbocycles. The number of nitrogens with one attached hydrogen (secondary N) is 1. The highest BCUT2D eigenvalue weighted by molar-refractivity contribution is 5.32. The molecular formula is C11H17N3. The summed E-state index contributed by atoms with van der Waals surface area (Å²) in [5.74, 6) is 0.925. The molecule has 1 saturated carbocycles. The number of hydrogen-bond donors (Lipinski definition) is 1. The van der Waals surface area contributed by atoms with E-state index in [1.165, 1.54) is 25.7 Å². The molecule has 0 spiro atoms. The van der Waals surface area contributed by atoms with Crippen LogP contribution in [0.2, 0.25) is 0 Å². The minimum atomic E-state index is 0.622. The number of rotatable bonds is 3. The molecular weight excluding hydrogens is 174 g/mol. The van der Waals surface area contributed by atoms with Crippen LogP contribution in [0.5, 0.6) is 0 Å². The van der Waals surface area contributed by atoms with Crippen LogP contribution in [0.1, 0.15) is 38.3 Å². The van der Waals surface area contributed by atoms with Gasteiger partial charge in [-0.3, -0.25) is 4.98 Å². The Bertz CT molecular complexity index is 275. The molecule has 3 heteroatoms. The van der Waals surface area contributed by atoms with Gasteiger partial charge in [-0.05, 0) is 19.3 Å². The van der Waals surface area contributed by atoms with Gasteiger partial charge < -0.3 is 5.32 Å². The first-order chi connectivity index (χ1) is 6.88. The van der Waals surface area contributed by atoms with Gasteiger partial charge in [0.1, 0.15) is 5.82 Å². The maximum Gasteiger partial charge on any atom is 0.144 e. The van der Waals surface area contributed by atoms with Crippen molar-refractivity contribution in [3.05, 3.63) is 18.1 Å². The van der Waals surface area contributed by atoms with Crippen molar-refractivity contribution in [1.29, 1.82) is 0 Å². The van der Waals surface area contributed by atoms with E-state index in [-0.39, 0.29) is 0 Å². The van der Waals surface area contributed by atoms with E-state index in [1.54, 1.807) is 0 Å². The van der Waals surface area contributed by atoms with Crippen LogP contribution in [-0.2, 0) is 6.42 Å². The van der Waals surface area contributed by atoms with Crippen LogP contribution in [0.4, 0.5) is 5.82 Å². The molecule has 3 nitrogen and oxygen atoms in total. The Morgan fingerprint density at radius 1 is 1.29 bits per heavy atom. The summed E-state index contributed by atoms with van der Waals surface area (Å²) < 4.78 is 0. The van der Waals surface area contributed by atoms with Crippen LogP contribution in [0.3, 0.4) is 0 Å². The maximum atomic E-state index is 4.34. The van der Waals surface area contributed by atoms with E-state index >= 15 is 0 Å². The molecule has 0 bridgehead atoms. The Balaban J connectivity index is 1.95. The number of hydrogen-bond acceptors (Lipinski definition) is 3. The molecule has 0 atom stereocenters. The van der Waals surface area contributed by atoms with Crippen LogP contribution in [0, 0.1) is 0 Å². The average molecular weight is 191 g/mol. The van der Waals surface area contributed by atoms with E-state index in [1.807, 2.05) is 12.4 Å². The second-order valence-corrected chi connectivity index (χ2v) is 3.87. The van der Waals surface area contributed by atoms with E-state index in [0.29, 0.717) is 6.04 Å². The molecule has 0 radical (unpaired) electrons. The van der Waals surface area contributed by atoms with Gasteiger partial charge in [0.2, 0.25) is 0 Å². The van der Waals surface area contributed by atoms with Crippen molar-refractivity contribution in [3.8, 4) is 0 Å². The summed E-state index contributed by atoms with van der Waals surface area (Å²) in [5.41, 5.74) is 1.06. The van der Waals surface area contributed by atoms with Crippen molar-refractivity contribution in [3.63, 3.8) is 0 Å². The van der Waals surface area contributed by atoms with Crippen LogP contribution in [0.25, 0.3) is 0 Å². The lowest BCUT2D eigenvalue weighted by Gasteiger charge is -2.11. The summed E-state index contributed by atoms with van der Waals surface area (Å²) in [6.45, 7) is 2.09. The van der Waals surface area contributed by atoms with Crippen LogP contribution in [-0.4, -0.2) is 16.0 Å². The molecule has 1 aromatic heterocycles. The lowest BCUT2D eigenvalue weighted by molar-refractivity contribution is 0.748. The summed E-state index contributed by atoms with van der Waals surface area (Å²) >= 11 is 0. The molecule has 76 valence electrons. The SMILES string of the molecule is CCc1cnc(NC2CCCC2)cn1. The standard InChI is InChI=1S/C11H17N3/c1-2-9-7-13-11(8-12-9)14-10-5-3-4-6-10/h7-8,10H,2-6H2,1H3,(H,13,14). The Hall–Kier alpha value is -1.12. The topological polar surface area (TPSA) is 37.8 Å². The largest absolute Gasteiger partial charge is 0.366 e. The van der Waals surface area contributed by atoms with Gasteiger partial charge in [-0.25, -0.2) is 4.98 Å². The van der Waals surface area contributed by atoms with Crippen LogP contribution >= 0.6 is 0 Å². The predicted octanol–water partition coefficient (Wildman–Crippen LogP) is 2.39. The summed E-state index contributed by atoms with van der Waals surface area (Å²) in [6, 6.07) is 0.622. The number of aryl methyl sites for hydroxylation is 1. The summed E-state index contributed by atoms with van der Waals surface area (Å²) in [4.78, 5) is 8.65. The Labute approximate surface area is 85.0 Å². The van der Waals surface area contributed by atoms with Crippen molar-refractivity contribution < 1.29 is 0 Å². The highest BCUT2D eigenvalue weighted by atomic mass is 15.0. The third-order valence-corrected chi connectivity index (χ3v) is 2.77. The molecule has 1 heterocycles. The average Bonchev–Trinajstić information content (AvgIpc) is 2.72. The smallest absolute Gasteiger partial charge is 0.144 e. The number of anilines is 1. The fourth-order valence-electron chi connectivity index (χ4n) is 1.89. The summed E-state index contributed by atoms with van der Waals surface area (Å²) in [7, 11) is 0. The van der Waals surface area contributed by atoms with E-state index in [0.717, 1.165) is 17.9 Å². The van der Waals surface area contributed by atoms with Crippen molar-refractivity contribution in [2.45, 2.75) is 45.1 Å². The van der Waals surface area contributed by atoms with Gasteiger partial charge in [-0.2, -0.15) is 0 Å². The second-order valence-electron chi connectivity index (χ2n) is 3.87. The van der Waals surface area contributed by atoms with Crippen molar-refractivity contribution in [2.75, 3.05) is 5.32 Å². The van der Waals surface area contributed by atoms with E-state index in [9.17, 15) is 0 Å². The quantitative estimate of drug-likeness (QED) is 0.797. The van der Waals surface area contributed by atoms with Gasteiger partial charge in [0.15, 0.2) is 0 Å². The second kappa shape index (κ2) is 4.40. The lowest BCUT2D eigenvalue weighted by atomic mass is 10.2. The molecule has 1 aromatic rings. The summed E-state index contributed by atoms with van der Waals surface area (Å²) in [5, 5.41) is 3.42. The fraction of sp³-hybridized carbons (Fsp3) is 0.636. The van der Waals surface area contributed by atoms with Gasteiger partial charge >= 0.3 is 0 Å². The van der Waals surface area contributed by atoms with Crippen molar-refractivity contribution >= 4 is 5.82 Å². The molecule has 0 unspecified atom stereocenters. The first-order valence-electron chi connectivity index (χ1n) is 5.46. The van der Waals surface area contributed by atoms with Crippen LogP contribution in [0.15, 0.2) is 12.4 Å². The lowest BCUT2D eigenvalue weighted by Crippen LogP contribution is -2.15. The van der Waals surface area contributed by atoms with E-state index in [2.05, 4.69) is 22.2 Å². The minimum Gasteiger partial charge on any atom is -0.366 e. The van der Waals surface area contributed by atoms with E-state index in [4.69, 9.17) is 0 Å². The minimum absolute atomic E-state index is 0.622.